The molecule has 0 unspecified atom stereocenters. The number of halogens is 3. The molecule has 1 fully saturated rings. The molecule has 0 radical (unpaired) electrons. The number of non-ortho nitro benzene ring substituents is 1. The van der Waals surface area contributed by atoms with Gasteiger partial charge in [0.15, 0.2) is 0 Å². The first-order valence-corrected chi connectivity index (χ1v) is 11.4. The van der Waals surface area contributed by atoms with Gasteiger partial charge in [0.2, 0.25) is 0 Å². The Labute approximate surface area is 195 Å². The summed E-state index contributed by atoms with van der Waals surface area (Å²) < 4.78 is 45.5. The molecule has 0 aliphatic carbocycles. The van der Waals surface area contributed by atoms with Gasteiger partial charge < -0.3 is 10.1 Å². The molecule has 2 aliphatic heterocycles. The fourth-order valence-electron chi connectivity index (χ4n) is 4.60. The molecular weight excluding hydrogens is 451 g/mol. The Morgan fingerprint density at radius 1 is 1.26 bits per heavy atom. The Morgan fingerprint density at radius 2 is 2.00 bits per heavy atom. The number of anilines is 1. The van der Waals surface area contributed by atoms with E-state index in [-0.39, 0.29) is 5.56 Å². The Balaban J connectivity index is 1.58. The maximum atomic E-state index is 13.3. The quantitative estimate of drug-likeness (QED) is 0.475. The minimum Gasteiger partial charge on any atom is -0.381 e. The minimum atomic E-state index is -4.68. The normalized spacial score (nSPS) is 18.4. The van der Waals surface area contributed by atoms with Gasteiger partial charge in [0.05, 0.1) is 22.2 Å². The summed E-state index contributed by atoms with van der Waals surface area (Å²) in [7, 11) is 0. The predicted molar refractivity (Wildman–Crippen MR) is 119 cm³/mol. The number of hydrogen-bond donors (Lipinski definition) is 1. The van der Waals surface area contributed by atoms with Crippen molar-refractivity contribution in [1.29, 1.82) is 0 Å². The van der Waals surface area contributed by atoms with Crippen molar-refractivity contribution in [3.05, 3.63) is 56.5 Å². The van der Waals surface area contributed by atoms with Crippen LogP contribution in [0.5, 0.6) is 0 Å². The summed E-state index contributed by atoms with van der Waals surface area (Å²) in [6.07, 6.45) is -1.86. The second-order valence-electron chi connectivity index (χ2n) is 9.02. The van der Waals surface area contributed by atoms with Crippen molar-refractivity contribution in [3.8, 4) is 0 Å². The summed E-state index contributed by atoms with van der Waals surface area (Å²) >= 11 is 0. The van der Waals surface area contributed by atoms with Crippen LogP contribution in [0.2, 0.25) is 0 Å². The zero-order chi connectivity index (χ0) is 24.5. The fourth-order valence-corrected chi connectivity index (χ4v) is 4.60. The van der Waals surface area contributed by atoms with Crippen LogP contribution >= 0.6 is 0 Å². The van der Waals surface area contributed by atoms with E-state index >= 15 is 0 Å². The van der Waals surface area contributed by atoms with Gasteiger partial charge in [-0.25, -0.2) is 9.97 Å². The largest absolute Gasteiger partial charge is 0.416 e. The molecule has 4 rings (SSSR count). The van der Waals surface area contributed by atoms with E-state index in [0.29, 0.717) is 30.2 Å². The van der Waals surface area contributed by atoms with Crippen molar-refractivity contribution in [2.75, 3.05) is 31.6 Å². The molecule has 0 spiro atoms. The van der Waals surface area contributed by atoms with E-state index in [4.69, 9.17) is 4.74 Å². The third-order valence-corrected chi connectivity index (χ3v) is 6.44. The number of benzene rings is 1. The maximum Gasteiger partial charge on any atom is 0.416 e. The number of nitro groups is 1. The second-order valence-corrected chi connectivity index (χ2v) is 9.02. The number of rotatable bonds is 6. The number of alkyl halides is 3. The van der Waals surface area contributed by atoms with E-state index < -0.39 is 28.4 Å². The van der Waals surface area contributed by atoms with Gasteiger partial charge in [-0.3, -0.25) is 15.0 Å². The number of aromatic nitrogens is 2. The lowest BCUT2D eigenvalue weighted by molar-refractivity contribution is -0.385. The molecule has 1 atom stereocenters. The highest BCUT2D eigenvalue weighted by Gasteiger charge is 2.33. The maximum absolute atomic E-state index is 13.3. The van der Waals surface area contributed by atoms with E-state index in [1.807, 2.05) is 0 Å². The molecule has 0 saturated carbocycles. The molecule has 1 N–H and O–H groups in total. The van der Waals surface area contributed by atoms with Crippen LogP contribution in [0, 0.1) is 23.0 Å². The van der Waals surface area contributed by atoms with Crippen LogP contribution in [0.25, 0.3) is 0 Å². The smallest absolute Gasteiger partial charge is 0.381 e. The SMILES string of the molecule is Cc1nc2c(c(N[C@H](C)c3cc([N+](=O)[O-])cc(C(F)(F)F)c3)n1)CN(CC1CCOCC1)CC2. The molecular formula is C23H28F3N5O3. The number of nitrogens with zero attached hydrogens (tertiary/aromatic N) is 4. The molecule has 8 nitrogen and oxygen atoms in total. The van der Waals surface area contributed by atoms with Gasteiger partial charge in [-0.15, -0.1) is 0 Å². The van der Waals surface area contributed by atoms with Gasteiger partial charge >= 0.3 is 6.18 Å². The predicted octanol–water partition coefficient (Wildman–Crippen LogP) is 4.67. The van der Waals surface area contributed by atoms with Crippen molar-refractivity contribution in [3.63, 3.8) is 0 Å². The fraction of sp³-hybridized carbons (Fsp3) is 0.565. The van der Waals surface area contributed by atoms with Gasteiger partial charge in [0.1, 0.15) is 11.6 Å². The van der Waals surface area contributed by atoms with Crippen LogP contribution in [0.15, 0.2) is 18.2 Å². The van der Waals surface area contributed by atoms with E-state index in [1.165, 1.54) is 6.07 Å². The lowest BCUT2D eigenvalue weighted by Crippen LogP contribution is -2.37. The monoisotopic (exact) mass is 479 g/mol. The summed E-state index contributed by atoms with van der Waals surface area (Å²) in [5.41, 5.74) is 0.384. The van der Waals surface area contributed by atoms with E-state index in [1.54, 1.807) is 13.8 Å². The molecule has 0 bridgehead atoms. The van der Waals surface area contributed by atoms with E-state index in [0.717, 1.165) is 62.9 Å². The number of fused-ring (bicyclic) bond motifs is 1. The third-order valence-electron chi connectivity index (χ3n) is 6.44. The first-order chi connectivity index (χ1) is 16.1. The number of aryl methyl sites for hydroxylation is 1. The molecule has 2 aromatic rings. The van der Waals surface area contributed by atoms with Gasteiger partial charge in [-0.1, -0.05) is 0 Å². The van der Waals surface area contributed by atoms with Crippen molar-refractivity contribution in [2.45, 2.75) is 51.9 Å². The molecule has 2 aliphatic rings. The van der Waals surface area contributed by atoms with Gasteiger partial charge in [-0.05, 0) is 44.2 Å². The topological polar surface area (TPSA) is 93.4 Å². The average Bonchev–Trinajstić information content (AvgIpc) is 2.79. The third kappa shape index (κ3) is 5.64. The summed E-state index contributed by atoms with van der Waals surface area (Å²) in [5.74, 6) is 1.70. The van der Waals surface area contributed by atoms with Crippen molar-refractivity contribution < 1.29 is 22.8 Å². The van der Waals surface area contributed by atoms with Crippen molar-refractivity contribution in [1.82, 2.24) is 14.9 Å². The van der Waals surface area contributed by atoms with Crippen LogP contribution in [0.1, 0.15) is 54.0 Å². The van der Waals surface area contributed by atoms with Crippen LogP contribution < -0.4 is 5.32 Å². The Kier molecular flexibility index (Phi) is 7.04. The van der Waals surface area contributed by atoms with Gasteiger partial charge in [0, 0.05) is 57.0 Å². The molecule has 34 heavy (non-hydrogen) atoms. The van der Waals surface area contributed by atoms with Crippen molar-refractivity contribution >= 4 is 11.5 Å². The summed E-state index contributed by atoms with van der Waals surface area (Å²) in [6, 6.07) is 2.04. The minimum absolute atomic E-state index is 0.168. The number of hydrogen-bond acceptors (Lipinski definition) is 7. The molecule has 1 aromatic carbocycles. The van der Waals surface area contributed by atoms with Crippen LogP contribution in [0.3, 0.4) is 0 Å². The van der Waals surface area contributed by atoms with E-state index in [2.05, 4.69) is 20.2 Å². The Hall–Kier alpha value is -2.79. The Morgan fingerprint density at radius 3 is 2.68 bits per heavy atom. The van der Waals surface area contributed by atoms with Gasteiger partial charge in [-0.2, -0.15) is 13.2 Å². The highest BCUT2D eigenvalue weighted by molar-refractivity contribution is 5.51. The summed E-state index contributed by atoms with van der Waals surface area (Å²) in [4.78, 5) is 21.9. The highest BCUT2D eigenvalue weighted by Crippen LogP contribution is 2.35. The molecule has 1 aromatic heterocycles. The number of nitrogens with one attached hydrogen (secondary N) is 1. The first kappa shape index (κ1) is 24.3. The molecule has 184 valence electrons. The summed E-state index contributed by atoms with van der Waals surface area (Å²) in [6.45, 7) is 7.49. The van der Waals surface area contributed by atoms with Crippen LogP contribution in [-0.2, 0) is 23.9 Å². The van der Waals surface area contributed by atoms with Gasteiger partial charge in [0.25, 0.3) is 5.69 Å². The lowest BCUT2D eigenvalue weighted by Gasteiger charge is -2.34. The second kappa shape index (κ2) is 9.83. The van der Waals surface area contributed by atoms with Crippen LogP contribution in [-0.4, -0.2) is 46.1 Å². The molecule has 11 heteroatoms. The van der Waals surface area contributed by atoms with Crippen LogP contribution in [0.4, 0.5) is 24.7 Å². The Bertz CT molecular complexity index is 1060. The molecule has 0 amide bonds. The molecule has 1 saturated heterocycles. The number of ether oxygens (including phenoxy) is 1. The zero-order valence-electron chi connectivity index (χ0n) is 19.2. The summed E-state index contributed by atoms with van der Waals surface area (Å²) in [5, 5.41) is 14.4. The number of nitro benzene ring substituents is 1. The lowest BCUT2D eigenvalue weighted by atomic mass is 9.97. The van der Waals surface area contributed by atoms with E-state index in [9.17, 15) is 23.3 Å². The van der Waals surface area contributed by atoms with Crippen molar-refractivity contribution in [2.24, 2.45) is 5.92 Å². The zero-order valence-corrected chi connectivity index (χ0v) is 19.2. The standard InChI is InChI=1S/C23H28F3N5O3/c1-14(17-9-18(23(24,25)26)11-19(10-17)31(32)33)27-22-20-13-30(12-16-4-7-34-8-5-16)6-3-21(20)28-15(2)29-22/h9-11,14,16H,3-8,12-13H2,1-2H3,(H,27,28,29)/t14-/m1/s1. The highest BCUT2D eigenvalue weighted by atomic mass is 19.4. The first-order valence-electron chi connectivity index (χ1n) is 11.4. The average molecular weight is 480 g/mol. The molecule has 3 heterocycles.